The topological polar surface area (TPSA) is 41.1 Å². The van der Waals surface area contributed by atoms with Gasteiger partial charge in [-0.1, -0.05) is 34.1 Å². The van der Waals surface area contributed by atoms with Crippen molar-refractivity contribution in [2.24, 2.45) is 0 Å². The van der Waals surface area contributed by atoms with E-state index in [1.165, 1.54) is 12.1 Å². The number of hydrogen-bond donors (Lipinski definition) is 2. The molecule has 1 amide bonds. The van der Waals surface area contributed by atoms with Gasteiger partial charge in [0.2, 0.25) is 0 Å². The molecule has 0 atom stereocenters. The number of anilines is 1. The molecule has 2 rings (SSSR count). The van der Waals surface area contributed by atoms with Crippen LogP contribution in [-0.2, 0) is 6.54 Å². The van der Waals surface area contributed by atoms with Crippen LogP contribution in [0.2, 0.25) is 0 Å². The van der Waals surface area contributed by atoms with Crippen molar-refractivity contribution in [1.29, 1.82) is 0 Å². The number of halogens is 2. The quantitative estimate of drug-likeness (QED) is 0.857. The first-order valence-electron chi connectivity index (χ1n) is 6.67. The van der Waals surface area contributed by atoms with Crippen LogP contribution < -0.4 is 10.6 Å². The number of nitrogens with one attached hydrogen (secondary N) is 2. The lowest BCUT2D eigenvalue weighted by Gasteiger charge is -2.12. The van der Waals surface area contributed by atoms with Crippen LogP contribution in [0.5, 0.6) is 0 Å². The predicted octanol–water partition coefficient (Wildman–Crippen LogP) is 3.95. The maximum atomic E-state index is 13.8. The van der Waals surface area contributed by atoms with Gasteiger partial charge in [0, 0.05) is 17.6 Å². The van der Waals surface area contributed by atoms with Crippen LogP contribution in [0.3, 0.4) is 0 Å². The van der Waals surface area contributed by atoms with E-state index >= 15 is 0 Å². The summed E-state index contributed by atoms with van der Waals surface area (Å²) >= 11 is 3.38. The fraction of sp³-hybridized carbons (Fsp3) is 0.188. The first kappa shape index (κ1) is 15.5. The molecule has 2 N–H and O–H groups in total. The second-order valence-corrected chi connectivity index (χ2v) is 5.42. The van der Waals surface area contributed by atoms with E-state index in [1.54, 1.807) is 6.07 Å². The predicted molar refractivity (Wildman–Crippen MR) is 85.9 cm³/mol. The Hall–Kier alpha value is -1.88. The third-order valence-corrected chi connectivity index (χ3v) is 3.45. The highest BCUT2D eigenvalue weighted by molar-refractivity contribution is 9.10. The maximum absolute atomic E-state index is 13.8. The lowest BCUT2D eigenvalue weighted by Crippen LogP contribution is -2.24. The molecule has 21 heavy (non-hydrogen) atoms. The average Bonchev–Trinajstić information content (AvgIpc) is 2.47. The van der Waals surface area contributed by atoms with Gasteiger partial charge in [0.15, 0.2) is 0 Å². The molecule has 2 aromatic carbocycles. The summed E-state index contributed by atoms with van der Waals surface area (Å²) < 4.78 is 14.7. The highest BCUT2D eigenvalue weighted by Crippen LogP contribution is 2.20. The van der Waals surface area contributed by atoms with E-state index in [0.717, 1.165) is 10.0 Å². The van der Waals surface area contributed by atoms with E-state index in [0.29, 0.717) is 18.7 Å². The van der Waals surface area contributed by atoms with E-state index in [4.69, 9.17) is 0 Å². The molecule has 0 aliphatic carbocycles. The van der Waals surface area contributed by atoms with Crippen LogP contribution in [-0.4, -0.2) is 12.5 Å². The van der Waals surface area contributed by atoms with Crippen LogP contribution >= 0.6 is 15.9 Å². The number of amides is 1. The Morgan fingerprint density at radius 2 is 2.00 bits per heavy atom. The molecule has 0 spiro atoms. The van der Waals surface area contributed by atoms with Crippen molar-refractivity contribution in [3.05, 3.63) is 63.9 Å². The zero-order valence-corrected chi connectivity index (χ0v) is 13.2. The molecule has 0 radical (unpaired) electrons. The Morgan fingerprint density at radius 1 is 1.24 bits per heavy atom. The van der Waals surface area contributed by atoms with Gasteiger partial charge in [-0.15, -0.1) is 0 Å². The summed E-state index contributed by atoms with van der Waals surface area (Å²) in [5.41, 5.74) is 1.53. The van der Waals surface area contributed by atoms with Crippen LogP contribution in [0.15, 0.2) is 46.9 Å². The van der Waals surface area contributed by atoms with E-state index < -0.39 is 5.82 Å². The number of carbonyl (C=O) groups is 1. The first-order chi connectivity index (χ1) is 10.1. The summed E-state index contributed by atoms with van der Waals surface area (Å²) in [5.74, 6) is -0.725. The van der Waals surface area contributed by atoms with Crippen LogP contribution in [0, 0.1) is 5.82 Å². The minimum Gasteiger partial charge on any atom is -0.382 e. The first-order valence-corrected chi connectivity index (χ1v) is 7.46. The molecule has 5 heteroatoms. The van der Waals surface area contributed by atoms with E-state index in [1.807, 2.05) is 31.2 Å². The number of benzene rings is 2. The molecule has 0 aromatic heterocycles. The average molecular weight is 351 g/mol. The molecule has 0 aliphatic rings. The summed E-state index contributed by atoms with van der Waals surface area (Å²) in [5, 5.41) is 5.69. The molecule has 0 bridgehead atoms. The molecule has 0 aliphatic heterocycles. The Bertz CT molecular complexity index is 646. The van der Waals surface area contributed by atoms with Gasteiger partial charge in [0.1, 0.15) is 5.82 Å². The van der Waals surface area contributed by atoms with Gasteiger partial charge in [0.05, 0.1) is 11.3 Å². The van der Waals surface area contributed by atoms with Gasteiger partial charge in [-0.3, -0.25) is 4.79 Å². The highest BCUT2D eigenvalue weighted by Gasteiger charge is 2.14. The van der Waals surface area contributed by atoms with Crippen molar-refractivity contribution in [2.45, 2.75) is 13.5 Å². The molecule has 2 aromatic rings. The second kappa shape index (κ2) is 7.22. The SMILES string of the molecule is CCNc1c(F)cccc1C(=O)NCc1cccc(Br)c1. The molecule has 0 saturated carbocycles. The molecule has 3 nitrogen and oxygen atoms in total. The summed E-state index contributed by atoms with van der Waals surface area (Å²) in [6.07, 6.45) is 0. The lowest BCUT2D eigenvalue weighted by atomic mass is 10.1. The summed E-state index contributed by atoms with van der Waals surface area (Å²) in [6, 6.07) is 12.1. The smallest absolute Gasteiger partial charge is 0.253 e. The molecular weight excluding hydrogens is 335 g/mol. The number of carbonyl (C=O) groups excluding carboxylic acids is 1. The largest absolute Gasteiger partial charge is 0.382 e. The van der Waals surface area contributed by atoms with E-state index in [2.05, 4.69) is 26.6 Å². The van der Waals surface area contributed by atoms with E-state index in [9.17, 15) is 9.18 Å². The number of para-hydroxylation sites is 1. The number of rotatable bonds is 5. The molecule has 0 heterocycles. The fourth-order valence-corrected chi connectivity index (χ4v) is 2.44. The van der Waals surface area contributed by atoms with Gasteiger partial charge >= 0.3 is 0 Å². The summed E-state index contributed by atoms with van der Waals surface area (Å²) in [4.78, 5) is 12.2. The van der Waals surface area contributed by atoms with Gasteiger partial charge < -0.3 is 10.6 Å². The van der Waals surface area contributed by atoms with E-state index in [-0.39, 0.29) is 11.6 Å². The summed E-state index contributed by atoms with van der Waals surface area (Å²) in [6.45, 7) is 2.79. The molecule has 0 saturated heterocycles. The third-order valence-electron chi connectivity index (χ3n) is 2.95. The Morgan fingerprint density at radius 3 is 2.71 bits per heavy atom. The summed E-state index contributed by atoms with van der Waals surface area (Å²) in [7, 11) is 0. The lowest BCUT2D eigenvalue weighted by molar-refractivity contribution is 0.0951. The second-order valence-electron chi connectivity index (χ2n) is 4.51. The zero-order chi connectivity index (χ0) is 15.2. The van der Waals surface area contributed by atoms with Gasteiger partial charge in [-0.2, -0.15) is 0 Å². The third kappa shape index (κ3) is 4.04. The normalized spacial score (nSPS) is 10.2. The van der Waals surface area contributed by atoms with Crippen molar-refractivity contribution < 1.29 is 9.18 Å². The Labute approximate surface area is 131 Å². The highest BCUT2D eigenvalue weighted by atomic mass is 79.9. The monoisotopic (exact) mass is 350 g/mol. The Balaban J connectivity index is 2.12. The van der Waals surface area contributed by atoms with Crippen molar-refractivity contribution >= 4 is 27.5 Å². The van der Waals surface area contributed by atoms with Crippen LogP contribution in [0.4, 0.5) is 10.1 Å². The van der Waals surface area contributed by atoms with Crippen LogP contribution in [0.1, 0.15) is 22.8 Å². The van der Waals surface area contributed by atoms with Crippen molar-refractivity contribution in [1.82, 2.24) is 5.32 Å². The Kier molecular flexibility index (Phi) is 5.33. The maximum Gasteiger partial charge on any atom is 0.253 e. The minimum absolute atomic E-state index is 0.242. The minimum atomic E-state index is -0.424. The fourth-order valence-electron chi connectivity index (χ4n) is 1.99. The molecule has 110 valence electrons. The standard InChI is InChI=1S/C16H16BrFN2O/c1-2-19-15-13(7-4-8-14(15)18)16(21)20-10-11-5-3-6-12(17)9-11/h3-9,19H,2,10H2,1H3,(H,20,21). The van der Waals surface area contributed by atoms with Gasteiger partial charge in [-0.05, 0) is 36.8 Å². The van der Waals surface area contributed by atoms with Gasteiger partial charge in [-0.25, -0.2) is 4.39 Å². The zero-order valence-electron chi connectivity index (χ0n) is 11.6. The van der Waals surface area contributed by atoms with Crippen molar-refractivity contribution in [3.8, 4) is 0 Å². The number of hydrogen-bond acceptors (Lipinski definition) is 2. The van der Waals surface area contributed by atoms with Crippen molar-refractivity contribution in [3.63, 3.8) is 0 Å². The molecule has 0 unspecified atom stereocenters. The van der Waals surface area contributed by atoms with Crippen molar-refractivity contribution in [2.75, 3.05) is 11.9 Å². The van der Waals surface area contributed by atoms with Crippen LogP contribution in [0.25, 0.3) is 0 Å². The van der Waals surface area contributed by atoms with Gasteiger partial charge in [0.25, 0.3) is 5.91 Å². The molecule has 0 fully saturated rings. The molecular formula is C16H16BrFN2O.